The van der Waals surface area contributed by atoms with E-state index >= 15 is 0 Å². The van der Waals surface area contributed by atoms with E-state index in [1.165, 1.54) is 11.1 Å². The first-order chi connectivity index (χ1) is 15.2. The van der Waals surface area contributed by atoms with Crippen molar-refractivity contribution >= 4 is 16.3 Å². The van der Waals surface area contributed by atoms with Gasteiger partial charge in [0.2, 0.25) is 0 Å². The summed E-state index contributed by atoms with van der Waals surface area (Å²) in [7, 11) is -4.22. The maximum Gasteiger partial charge on any atom is 0.402 e. The van der Waals surface area contributed by atoms with E-state index in [1.807, 2.05) is 0 Å². The first-order valence-corrected chi connectivity index (χ1v) is 12.6. The van der Waals surface area contributed by atoms with Crippen molar-refractivity contribution in [2.75, 3.05) is 39.4 Å². The van der Waals surface area contributed by atoms with Crippen molar-refractivity contribution in [1.29, 1.82) is 0 Å². The van der Waals surface area contributed by atoms with Crippen molar-refractivity contribution in [2.45, 2.75) is 37.9 Å². The third-order valence-corrected chi connectivity index (χ3v) is 7.76. The molecule has 0 amide bonds. The fraction of sp³-hybridized carbons (Fsp3) is 0.636. The molecule has 2 aliphatic carbocycles. The van der Waals surface area contributed by atoms with Crippen LogP contribution in [0.1, 0.15) is 29.5 Å². The molecule has 1 aromatic rings. The van der Waals surface area contributed by atoms with Crippen LogP contribution in [-0.2, 0) is 27.8 Å². The third-order valence-electron chi connectivity index (χ3n) is 6.65. The molecule has 3 atom stereocenters. The highest BCUT2D eigenvalue weighted by Crippen LogP contribution is 2.40. The summed E-state index contributed by atoms with van der Waals surface area (Å²) in [4.78, 5) is 2.34. The molecule has 1 saturated heterocycles. The Balaban J connectivity index is 1.40. The van der Waals surface area contributed by atoms with Gasteiger partial charge in [-0.3, -0.25) is 4.90 Å². The Kier molecular flexibility index (Phi) is 7.26. The lowest BCUT2D eigenvalue weighted by molar-refractivity contribution is -0.121. The molecule has 1 aromatic carbocycles. The molecule has 0 aromatic heterocycles. The zero-order chi connectivity index (χ0) is 22.8. The van der Waals surface area contributed by atoms with E-state index in [0.717, 1.165) is 64.1 Å². The van der Waals surface area contributed by atoms with Gasteiger partial charge < -0.3 is 4.74 Å². The summed E-state index contributed by atoms with van der Waals surface area (Å²) in [5, 5.41) is 0. The molecule has 1 saturated carbocycles. The predicted molar refractivity (Wildman–Crippen MR) is 116 cm³/mol. The second-order valence-corrected chi connectivity index (χ2v) is 10.5. The van der Waals surface area contributed by atoms with E-state index in [9.17, 15) is 21.6 Å². The van der Waals surface area contributed by atoms with Crippen molar-refractivity contribution in [3.8, 4) is 0 Å². The van der Waals surface area contributed by atoms with Crippen molar-refractivity contribution in [3.05, 3.63) is 41.0 Å². The predicted octanol–water partition coefficient (Wildman–Crippen LogP) is 2.51. The Bertz CT molecular complexity index is 930. The van der Waals surface area contributed by atoms with E-state index in [4.69, 9.17) is 4.74 Å². The van der Waals surface area contributed by atoms with E-state index in [0.29, 0.717) is 0 Å². The summed E-state index contributed by atoms with van der Waals surface area (Å²) < 4.78 is 71.3. The molecule has 2 fully saturated rings. The van der Waals surface area contributed by atoms with Crippen molar-refractivity contribution in [1.82, 2.24) is 14.3 Å². The van der Waals surface area contributed by atoms with Crippen LogP contribution in [-0.4, -0.2) is 64.9 Å². The number of halogens is 3. The molecule has 4 rings (SSSR count). The molecule has 1 aliphatic heterocycles. The summed E-state index contributed by atoms with van der Waals surface area (Å²) >= 11 is 0. The SMILES string of the molecule is O=S(=O)(NCC(F)(F)F)N[C@H]1[C@@H]2CC[C@H]1Cc1ccc(/C=C/CN3CCOCC3)cc1C2. The number of rotatable bonds is 7. The molecule has 10 heteroatoms. The summed E-state index contributed by atoms with van der Waals surface area (Å²) in [5.74, 6) is 0.169. The van der Waals surface area contributed by atoms with Crippen LogP contribution in [0, 0.1) is 11.8 Å². The Labute approximate surface area is 187 Å². The van der Waals surface area contributed by atoms with Crippen LogP contribution in [0.3, 0.4) is 0 Å². The first-order valence-electron chi connectivity index (χ1n) is 11.1. The van der Waals surface area contributed by atoms with Crippen LogP contribution in [0.25, 0.3) is 6.08 Å². The lowest BCUT2D eigenvalue weighted by atomic mass is 9.92. The number of alkyl halides is 3. The minimum atomic E-state index is -4.58. The highest BCUT2D eigenvalue weighted by atomic mass is 32.2. The highest BCUT2D eigenvalue weighted by molar-refractivity contribution is 7.87. The highest BCUT2D eigenvalue weighted by Gasteiger charge is 2.41. The van der Waals surface area contributed by atoms with Gasteiger partial charge in [0, 0.05) is 25.7 Å². The number of morpholine rings is 1. The zero-order valence-electron chi connectivity index (χ0n) is 17.9. The minimum Gasteiger partial charge on any atom is -0.379 e. The molecule has 0 unspecified atom stereocenters. The minimum absolute atomic E-state index is 0.0799. The lowest BCUT2D eigenvalue weighted by Gasteiger charge is -2.25. The molecule has 32 heavy (non-hydrogen) atoms. The second-order valence-electron chi connectivity index (χ2n) is 8.93. The fourth-order valence-electron chi connectivity index (χ4n) is 5.05. The molecular formula is C22H30F3N3O3S. The normalized spacial score (nSPS) is 26.9. The van der Waals surface area contributed by atoms with Gasteiger partial charge in [0.25, 0.3) is 10.2 Å². The van der Waals surface area contributed by atoms with E-state index in [-0.39, 0.29) is 17.9 Å². The number of benzene rings is 1. The molecule has 0 radical (unpaired) electrons. The second kappa shape index (κ2) is 9.80. The van der Waals surface area contributed by atoms with E-state index in [1.54, 1.807) is 4.72 Å². The Hall–Kier alpha value is -1.46. The summed E-state index contributed by atoms with van der Waals surface area (Å²) in [6, 6.07) is 6.00. The van der Waals surface area contributed by atoms with E-state index < -0.39 is 22.9 Å². The van der Waals surface area contributed by atoms with Gasteiger partial charge in [-0.1, -0.05) is 30.4 Å². The monoisotopic (exact) mass is 473 g/mol. The number of nitrogens with one attached hydrogen (secondary N) is 2. The van der Waals surface area contributed by atoms with Crippen LogP contribution < -0.4 is 9.44 Å². The van der Waals surface area contributed by atoms with Crippen LogP contribution in [0.4, 0.5) is 13.2 Å². The molecular weight excluding hydrogens is 443 g/mol. The average molecular weight is 474 g/mol. The maximum absolute atomic E-state index is 12.4. The molecule has 3 aliphatic rings. The third kappa shape index (κ3) is 6.32. The quantitative estimate of drug-likeness (QED) is 0.639. The fourth-order valence-corrected chi connectivity index (χ4v) is 6.23. The van der Waals surface area contributed by atoms with Gasteiger partial charge in [0.1, 0.15) is 6.54 Å². The van der Waals surface area contributed by atoms with Crippen LogP contribution in [0.2, 0.25) is 0 Å². The van der Waals surface area contributed by atoms with Crippen LogP contribution in [0.5, 0.6) is 0 Å². The first kappa shape index (κ1) is 23.7. The Morgan fingerprint density at radius 2 is 1.78 bits per heavy atom. The van der Waals surface area contributed by atoms with E-state index in [2.05, 4.69) is 40.0 Å². The molecule has 1 heterocycles. The number of hydrogen-bond donors (Lipinski definition) is 2. The summed E-state index contributed by atoms with van der Waals surface area (Å²) in [6.07, 6.45) is 2.88. The van der Waals surface area contributed by atoms with Gasteiger partial charge >= 0.3 is 6.18 Å². The maximum atomic E-state index is 12.4. The van der Waals surface area contributed by atoms with Gasteiger partial charge in [-0.2, -0.15) is 31.0 Å². The van der Waals surface area contributed by atoms with Gasteiger partial charge in [-0.15, -0.1) is 0 Å². The van der Waals surface area contributed by atoms with Gasteiger partial charge in [0.05, 0.1) is 13.2 Å². The Morgan fingerprint density at radius 3 is 2.47 bits per heavy atom. The Morgan fingerprint density at radius 1 is 1.09 bits per heavy atom. The number of hydrogen-bond acceptors (Lipinski definition) is 4. The number of ether oxygens (including phenoxy) is 1. The molecule has 0 spiro atoms. The van der Waals surface area contributed by atoms with Crippen LogP contribution >= 0.6 is 0 Å². The molecule has 2 bridgehead atoms. The zero-order valence-corrected chi connectivity index (χ0v) is 18.7. The molecule has 6 nitrogen and oxygen atoms in total. The molecule has 178 valence electrons. The van der Waals surface area contributed by atoms with Crippen LogP contribution in [0.15, 0.2) is 24.3 Å². The smallest absolute Gasteiger partial charge is 0.379 e. The van der Waals surface area contributed by atoms with Gasteiger partial charge in [0.15, 0.2) is 0 Å². The summed E-state index contributed by atoms with van der Waals surface area (Å²) in [5.41, 5.74) is 3.52. The lowest BCUT2D eigenvalue weighted by Crippen LogP contribution is -2.49. The molecule has 2 N–H and O–H groups in total. The standard InChI is InChI=1S/C22H30F3N3O3S/c23-22(24,25)15-26-32(29,30)27-21-18-5-6-19(21)14-20-12-16(3-4-17(20)13-18)2-1-7-28-8-10-31-11-9-28/h1-4,12,18-19,21,26-27H,5-11,13-15H2/b2-1+/t18-,19+,21+/m0/s1. The van der Waals surface area contributed by atoms with Crippen molar-refractivity contribution in [2.24, 2.45) is 11.8 Å². The topological polar surface area (TPSA) is 70.7 Å². The summed E-state index contributed by atoms with van der Waals surface area (Å²) in [6.45, 7) is 2.72. The largest absolute Gasteiger partial charge is 0.402 e. The average Bonchev–Trinajstić information content (AvgIpc) is 3.01. The van der Waals surface area contributed by atoms with Crippen molar-refractivity contribution in [3.63, 3.8) is 0 Å². The number of fused-ring (bicyclic) bond motifs is 3. The number of nitrogens with zero attached hydrogens (tertiary/aromatic N) is 1. The van der Waals surface area contributed by atoms with Gasteiger partial charge in [-0.05, 0) is 54.2 Å². The van der Waals surface area contributed by atoms with Crippen molar-refractivity contribution < 1.29 is 26.3 Å². The van der Waals surface area contributed by atoms with Gasteiger partial charge in [-0.25, -0.2) is 0 Å².